The Bertz CT molecular complexity index is 670. The number of hydrogen-bond acceptors (Lipinski definition) is 3. The summed E-state index contributed by atoms with van der Waals surface area (Å²) in [5.74, 6) is 0.319. The van der Waals surface area contributed by atoms with E-state index in [2.05, 4.69) is 11.0 Å². The molecule has 3 rings (SSSR count). The number of hydrogen-bond donors (Lipinski definition) is 1. The fourth-order valence-corrected chi connectivity index (χ4v) is 3.36. The minimum absolute atomic E-state index is 0.319. The molecule has 1 saturated heterocycles. The first-order chi connectivity index (χ1) is 11.3. The monoisotopic (exact) mass is 306 g/mol. The Labute approximate surface area is 137 Å². The van der Waals surface area contributed by atoms with E-state index in [0.717, 1.165) is 49.2 Å². The lowest BCUT2D eigenvalue weighted by molar-refractivity contribution is 0.0567. The molecule has 1 aliphatic rings. The Hall–Kier alpha value is -2.15. The molecule has 1 heterocycles. The second-order valence-electron chi connectivity index (χ2n) is 6.24. The third-order valence-corrected chi connectivity index (χ3v) is 4.75. The highest BCUT2D eigenvalue weighted by molar-refractivity contribution is 5.37. The second kappa shape index (κ2) is 7.41. The highest BCUT2D eigenvalue weighted by atomic mass is 16.3. The topological polar surface area (TPSA) is 47.3 Å². The number of aliphatic hydroxyl groups is 1. The van der Waals surface area contributed by atoms with Gasteiger partial charge < -0.3 is 5.11 Å². The molecule has 118 valence electrons. The van der Waals surface area contributed by atoms with Gasteiger partial charge in [0.05, 0.1) is 17.7 Å². The van der Waals surface area contributed by atoms with Gasteiger partial charge in [0.2, 0.25) is 0 Å². The second-order valence-corrected chi connectivity index (χ2v) is 6.24. The van der Waals surface area contributed by atoms with Crippen molar-refractivity contribution in [1.82, 2.24) is 4.90 Å². The van der Waals surface area contributed by atoms with E-state index >= 15 is 0 Å². The molecule has 23 heavy (non-hydrogen) atoms. The van der Waals surface area contributed by atoms with Crippen molar-refractivity contribution in [3.63, 3.8) is 0 Å². The summed E-state index contributed by atoms with van der Waals surface area (Å²) in [6, 6.07) is 20.0. The van der Waals surface area contributed by atoms with Crippen LogP contribution < -0.4 is 0 Å². The number of aliphatic hydroxyl groups excluding tert-OH is 1. The van der Waals surface area contributed by atoms with E-state index in [9.17, 15) is 10.4 Å². The van der Waals surface area contributed by atoms with Gasteiger partial charge in [-0.2, -0.15) is 5.26 Å². The first-order valence-electron chi connectivity index (χ1n) is 8.21. The number of rotatable bonds is 4. The van der Waals surface area contributed by atoms with Crippen molar-refractivity contribution in [2.24, 2.45) is 5.92 Å². The standard InChI is InChI=1S/C20H22N2O/c21-14-18-8-4-5-9-19(18)15-22-12-10-17(11-13-22)20(23)16-6-2-1-3-7-16/h1-9,17,20,23H,10-13,15H2/t20-/m0/s1. The van der Waals surface area contributed by atoms with E-state index in [1.165, 1.54) is 0 Å². The summed E-state index contributed by atoms with van der Waals surface area (Å²) in [7, 11) is 0. The Morgan fingerprint density at radius 3 is 2.39 bits per heavy atom. The normalized spacial score (nSPS) is 17.6. The highest BCUT2D eigenvalue weighted by Crippen LogP contribution is 2.31. The minimum atomic E-state index is -0.371. The van der Waals surface area contributed by atoms with Crippen molar-refractivity contribution in [1.29, 1.82) is 5.26 Å². The molecule has 0 unspecified atom stereocenters. The van der Waals surface area contributed by atoms with Crippen molar-refractivity contribution >= 4 is 0 Å². The van der Waals surface area contributed by atoms with Crippen LogP contribution >= 0.6 is 0 Å². The van der Waals surface area contributed by atoms with E-state index in [1.54, 1.807) is 0 Å². The minimum Gasteiger partial charge on any atom is -0.388 e. The Morgan fingerprint density at radius 1 is 1.04 bits per heavy atom. The van der Waals surface area contributed by atoms with E-state index in [1.807, 2.05) is 54.6 Å². The first-order valence-corrected chi connectivity index (χ1v) is 8.21. The molecular weight excluding hydrogens is 284 g/mol. The van der Waals surface area contributed by atoms with Gasteiger partial charge in [-0.15, -0.1) is 0 Å². The molecule has 0 spiro atoms. The lowest BCUT2D eigenvalue weighted by atomic mass is 9.87. The summed E-state index contributed by atoms with van der Waals surface area (Å²) < 4.78 is 0. The van der Waals surface area contributed by atoms with Crippen molar-refractivity contribution in [2.45, 2.75) is 25.5 Å². The molecule has 1 atom stereocenters. The van der Waals surface area contributed by atoms with Gasteiger partial charge in [0.15, 0.2) is 0 Å². The number of nitriles is 1. The van der Waals surface area contributed by atoms with Crippen molar-refractivity contribution < 1.29 is 5.11 Å². The van der Waals surface area contributed by atoms with Crippen LogP contribution in [-0.4, -0.2) is 23.1 Å². The van der Waals surface area contributed by atoms with Crippen LogP contribution in [0.4, 0.5) is 0 Å². The van der Waals surface area contributed by atoms with E-state index in [4.69, 9.17) is 0 Å². The molecule has 0 amide bonds. The van der Waals surface area contributed by atoms with E-state index in [0.29, 0.717) is 5.92 Å². The molecule has 1 N–H and O–H groups in total. The van der Waals surface area contributed by atoms with Gasteiger partial charge in [-0.25, -0.2) is 0 Å². The van der Waals surface area contributed by atoms with Crippen LogP contribution in [0.25, 0.3) is 0 Å². The molecule has 0 radical (unpaired) electrons. The fourth-order valence-electron chi connectivity index (χ4n) is 3.36. The predicted molar refractivity (Wildman–Crippen MR) is 90.6 cm³/mol. The predicted octanol–water partition coefficient (Wildman–Crippen LogP) is 3.50. The zero-order chi connectivity index (χ0) is 16.1. The first kappa shape index (κ1) is 15.7. The highest BCUT2D eigenvalue weighted by Gasteiger charge is 2.26. The Balaban J connectivity index is 1.58. The Kier molecular flexibility index (Phi) is 5.07. The number of piperidine rings is 1. The largest absolute Gasteiger partial charge is 0.388 e. The lowest BCUT2D eigenvalue weighted by Crippen LogP contribution is -2.35. The van der Waals surface area contributed by atoms with Crippen molar-refractivity contribution in [2.75, 3.05) is 13.1 Å². The van der Waals surface area contributed by atoms with Gasteiger partial charge in [-0.1, -0.05) is 48.5 Å². The zero-order valence-corrected chi connectivity index (χ0v) is 13.2. The Morgan fingerprint density at radius 2 is 1.70 bits per heavy atom. The van der Waals surface area contributed by atoms with Crippen LogP contribution in [0.5, 0.6) is 0 Å². The van der Waals surface area contributed by atoms with Crippen LogP contribution in [0.1, 0.15) is 35.6 Å². The maximum Gasteiger partial charge on any atom is 0.0995 e. The average molecular weight is 306 g/mol. The SMILES string of the molecule is N#Cc1ccccc1CN1CCC([C@@H](O)c2ccccc2)CC1. The molecule has 0 saturated carbocycles. The summed E-state index contributed by atoms with van der Waals surface area (Å²) in [5, 5.41) is 19.7. The average Bonchev–Trinajstić information content (AvgIpc) is 2.63. The molecule has 0 aromatic heterocycles. The summed E-state index contributed by atoms with van der Waals surface area (Å²) >= 11 is 0. The summed E-state index contributed by atoms with van der Waals surface area (Å²) in [5.41, 5.74) is 2.87. The van der Waals surface area contributed by atoms with Gasteiger partial charge in [0.25, 0.3) is 0 Å². The van der Waals surface area contributed by atoms with Crippen LogP contribution in [0, 0.1) is 17.2 Å². The molecule has 0 bridgehead atoms. The third kappa shape index (κ3) is 3.79. The number of likely N-dealkylation sites (tertiary alicyclic amines) is 1. The van der Waals surface area contributed by atoms with E-state index < -0.39 is 0 Å². The maximum absolute atomic E-state index is 10.5. The number of benzene rings is 2. The zero-order valence-electron chi connectivity index (χ0n) is 13.2. The maximum atomic E-state index is 10.5. The summed E-state index contributed by atoms with van der Waals surface area (Å²) in [4.78, 5) is 2.38. The summed E-state index contributed by atoms with van der Waals surface area (Å²) in [6.45, 7) is 2.75. The molecule has 3 heteroatoms. The van der Waals surface area contributed by atoms with Crippen molar-refractivity contribution in [3.8, 4) is 6.07 Å². The molecule has 2 aromatic rings. The van der Waals surface area contributed by atoms with Gasteiger partial charge in [0.1, 0.15) is 0 Å². The smallest absolute Gasteiger partial charge is 0.0995 e. The molecule has 1 aliphatic heterocycles. The molecule has 1 fully saturated rings. The van der Waals surface area contributed by atoms with Crippen LogP contribution in [0.2, 0.25) is 0 Å². The van der Waals surface area contributed by atoms with Crippen LogP contribution in [-0.2, 0) is 6.54 Å². The molecule has 3 nitrogen and oxygen atoms in total. The molecule has 0 aliphatic carbocycles. The van der Waals surface area contributed by atoms with Gasteiger partial charge in [0, 0.05) is 6.54 Å². The lowest BCUT2D eigenvalue weighted by Gasteiger charge is -2.34. The summed E-state index contributed by atoms with van der Waals surface area (Å²) in [6.07, 6.45) is 1.61. The quantitative estimate of drug-likeness (QED) is 0.940. The van der Waals surface area contributed by atoms with Gasteiger partial charge in [-0.05, 0) is 49.0 Å². The van der Waals surface area contributed by atoms with Gasteiger partial charge in [-0.3, -0.25) is 4.90 Å². The van der Waals surface area contributed by atoms with E-state index in [-0.39, 0.29) is 6.10 Å². The van der Waals surface area contributed by atoms with Crippen molar-refractivity contribution in [3.05, 3.63) is 71.3 Å². The third-order valence-electron chi connectivity index (χ3n) is 4.75. The number of nitrogens with zero attached hydrogens (tertiary/aromatic N) is 2. The fraction of sp³-hybridized carbons (Fsp3) is 0.350. The van der Waals surface area contributed by atoms with Crippen LogP contribution in [0.15, 0.2) is 54.6 Å². The molecule has 2 aromatic carbocycles. The van der Waals surface area contributed by atoms with Gasteiger partial charge >= 0.3 is 0 Å². The van der Waals surface area contributed by atoms with Crippen LogP contribution in [0.3, 0.4) is 0 Å². The molecular formula is C20H22N2O.